The van der Waals surface area contributed by atoms with Crippen molar-refractivity contribution < 1.29 is 28.8 Å². The van der Waals surface area contributed by atoms with Gasteiger partial charge in [0.25, 0.3) is 5.91 Å². The summed E-state index contributed by atoms with van der Waals surface area (Å²) in [5, 5.41) is 24.7. The van der Waals surface area contributed by atoms with Crippen molar-refractivity contribution in [1.29, 1.82) is 5.26 Å². The van der Waals surface area contributed by atoms with E-state index in [0.717, 1.165) is 5.56 Å². The SMILES string of the molecule is N#Cc1ccc(NC(=O)c2noc3c2CN(C(=O)OCc2ccccc2)CC3)c(C(=O)O)c1. The second-order valence-corrected chi connectivity index (χ2v) is 7.28. The molecule has 1 aliphatic heterocycles. The summed E-state index contributed by atoms with van der Waals surface area (Å²) in [6.07, 6.45) is -0.176. The number of aromatic carboxylic acids is 1. The van der Waals surface area contributed by atoms with Gasteiger partial charge in [-0.2, -0.15) is 5.26 Å². The highest BCUT2D eigenvalue weighted by Crippen LogP contribution is 2.25. The Morgan fingerprint density at radius 1 is 1.21 bits per heavy atom. The number of nitrogens with zero attached hydrogens (tertiary/aromatic N) is 3. The first kappa shape index (κ1) is 21.6. The molecule has 1 aromatic heterocycles. The first-order chi connectivity index (χ1) is 16.0. The maximum atomic E-state index is 12.8. The van der Waals surface area contributed by atoms with Gasteiger partial charge in [0.15, 0.2) is 5.69 Å². The smallest absolute Gasteiger partial charge is 0.410 e. The van der Waals surface area contributed by atoms with Crippen LogP contribution in [0, 0.1) is 11.3 Å². The first-order valence-electron chi connectivity index (χ1n) is 9.98. The van der Waals surface area contributed by atoms with E-state index in [4.69, 9.17) is 14.5 Å². The van der Waals surface area contributed by atoms with E-state index in [1.54, 1.807) is 0 Å². The molecule has 4 rings (SSSR count). The lowest BCUT2D eigenvalue weighted by Crippen LogP contribution is -2.36. The Bertz CT molecular complexity index is 1260. The summed E-state index contributed by atoms with van der Waals surface area (Å²) < 4.78 is 10.6. The average molecular weight is 446 g/mol. The Morgan fingerprint density at radius 3 is 2.73 bits per heavy atom. The second-order valence-electron chi connectivity index (χ2n) is 7.28. The van der Waals surface area contributed by atoms with Crippen LogP contribution in [0.2, 0.25) is 0 Å². The number of aromatic nitrogens is 1. The van der Waals surface area contributed by atoms with Gasteiger partial charge in [0.1, 0.15) is 12.4 Å². The summed E-state index contributed by atoms with van der Waals surface area (Å²) >= 11 is 0. The number of amides is 2. The minimum Gasteiger partial charge on any atom is -0.478 e. The fourth-order valence-electron chi connectivity index (χ4n) is 3.44. The molecule has 0 fully saturated rings. The van der Waals surface area contributed by atoms with Gasteiger partial charge in [-0.15, -0.1) is 0 Å². The molecule has 0 saturated heterocycles. The molecule has 10 nitrogen and oxygen atoms in total. The quantitative estimate of drug-likeness (QED) is 0.608. The van der Waals surface area contributed by atoms with E-state index in [1.165, 1.54) is 23.1 Å². The van der Waals surface area contributed by atoms with E-state index in [2.05, 4.69) is 10.5 Å². The third-order valence-electron chi connectivity index (χ3n) is 5.13. The van der Waals surface area contributed by atoms with Gasteiger partial charge in [-0.25, -0.2) is 9.59 Å². The number of fused-ring (bicyclic) bond motifs is 1. The van der Waals surface area contributed by atoms with Gasteiger partial charge in [0.2, 0.25) is 0 Å². The van der Waals surface area contributed by atoms with Crippen LogP contribution >= 0.6 is 0 Å². The molecule has 2 amide bonds. The van der Waals surface area contributed by atoms with Gasteiger partial charge in [-0.1, -0.05) is 35.5 Å². The number of nitrogens with one attached hydrogen (secondary N) is 1. The molecule has 0 spiro atoms. The molecular formula is C23H18N4O6. The highest BCUT2D eigenvalue weighted by molar-refractivity contribution is 6.07. The molecule has 3 aromatic rings. The van der Waals surface area contributed by atoms with Crippen LogP contribution in [0.3, 0.4) is 0 Å². The van der Waals surface area contributed by atoms with Gasteiger partial charge in [-0.3, -0.25) is 4.79 Å². The number of benzene rings is 2. The largest absolute Gasteiger partial charge is 0.478 e. The predicted molar refractivity (Wildman–Crippen MR) is 113 cm³/mol. The molecule has 0 saturated carbocycles. The van der Waals surface area contributed by atoms with Crippen LogP contribution in [0.25, 0.3) is 0 Å². The van der Waals surface area contributed by atoms with Crippen molar-refractivity contribution in [2.24, 2.45) is 0 Å². The lowest BCUT2D eigenvalue weighted by molar-refractivity contribution is 0.0697. The van der Waals surface area contributed by atoms with Crippen molar-refractivity contribution in [2.45, 2.75) is 19.6 Å². The standard InChI is InChI=1S/C23H18N4O6/c24-11-15-6-7-18(16(10-15)22(29)30)25-21(28)20-17-12-27(9-8-19(17)33-26-20)23(31)32-13-14-4-2-1-3-5-14/h1-7,10H,8-9,12-13H2,(H,25,28)(H,29,30). The number of carbonyl (C=O) groups excluding carboxylic acids is 2. The normalized spacial score (nSPS) is 12.4. The first-order valence-corrected chi connectivity index (χ1v) is 9.98. The Morgan fingerprint density at radius 2 is 2.00 bits per heavy atom. The van der Waals surface area contributed by atoms with E-state index >= 15 is 0 Å². The number of hydrogen-bond donors (Lipinski definition) is 2. The zero-order chi connectivity index (χ0) is 23.4. The zero-order valence-electron chi connectivity index (χ0n) is 17.3. The fourth-order valence-corrected chi connectivity index (χ4v) is 3.44. The molecule has 1 aliphatic rings. The van der Waals surface area contributed by atoms with Crippen molar-refractivity contribution >= 4 is 23.7 Å². The minimum atomic E-state index is -1.29. The van der Waals surface area contributed by atoms with E-state index in [9.17, 15) is 19.5 Å². The third kappa shape index (κ3) is 4.67. The number of hydrogen-bond acceptors (Lipinski definition) is 7. The molecule has 33 heavy (non-hydrogen) atoms. The molecule has 10 heteroatoms. The number of carbonyl (C=O) groups is 3. The van der Waals surface area contributed by atoms with Crippen LogP contribution in [0.1, 0.15) is 43.3 Å². The number of ether oxygens (including phenoxy) is 1. The molecule has 0 unspecified atom stereocenters. The maximum absolute atomic E-state index is 12.8. The lowest BCUT2D eigenvalue weighted by atomic mass is 10.1. The highest BCUT2D eigenvalue weighted by atomic mass is 16.6. The van der Waals surface area contributed by atoms with Crippen molar-refractivity contribution in [3.05, 3.63) is 82.2 Å². The van der Waals surface area contributed by atoms with Crippen molar-refractivity contribution in [1.82, 2.24) is 10.1 Å². The van der Waals surface area contributed by atoms with E-state index in [0.29, 0.717) is 24.3 Å². The van der Waals surface area contributed by atoms with Gasteiger partial charge in [0, 0.05) is 18.5 Å². The number of anilines is 1. The van der Waals surface area contributed by atoms with Gasteiger partial charge in [-0.05, 0) is 23.8 Å². The molecule has 0 atom stereocenters. The van der Waals surface area contributed by atoms with Crippen LogP contribution in [0.4, 0.5) is 10.5 Å². The topological polar surface area (TPSA) is 146 Å². The highest BCUT2D eigenvalue weighted by Gasteiger charge is 2.31. The van der Waals surface area contributed by atoms with E-state index in [-0.39, 0.29) is 35.7 Å². The monoisotopic (exact) mass is 446 g/mol. The Hall–Kier alpha value is -4.65. The van der Waals surface area contributed by atoms with Crippen LogP contribution in [-0.2, 0) is 24.3 Å². The average Bonchev–Trinajstić information content (AvgIpc) is 3.26. The van der Waals surface area contributed by atoms with Crippen LogP contribution < -0.4 is 5.32 Å². The Kier molecular flexibility index (Phi) is 6.04. The molecular weight excluding hydrogens is 428 g/mol. The fraction of sp³-hybridized carbons (Fsp3) is 0.174. The summed E-state index contributed by atoms with van der Waals surface area (Å²) in [5.41, 5.74) is 1.16. The van der Waals surface area contributed by atoms with Crippen molar-refractivity contribution in [2.75, 3.05) is 11.9 Å². The summed E-state index contributed by atoms with van der Waals surface area (Å²) in [7, 11) is 0. The second kappa shape index (κ2) is 9.23. The zero-order valence-corrected chi connectivity index (χ0v) is 17.3. The summed E-state index contributed by atoms with van der Waals surface area (Å²) in [6, 6.07) is 15.0. The third-order valence-corrected chi connectivity index (χ3v) is 5.13. The van der Waals surface area contributed by atoms with Gasteiger partial charge >= 0.3 is 12.1 Å². The number of rotatable bonds is 5. The van der Waals surface area contributed by atoms with Crippen molar-refractivity contribution in [3.63, 3.8) is 0 Å². The van der Waals surface area contributed by atoms with E-state index < -0.39 is 18.0 Å². The number of carboxylic acid groups (broad SMARTS) is 1. The van der Waals surface area contributed by atoms with Crippen molar-refractivity contribution in [3.8, 4) is 6.07 Å². The molecule has 2 N–H and O–H groups in total. The van der Waals surface area contributed by atoms with Crippen LogP contribution in [0.15, 0.2) is 53.1 Å². The Balaban J connectivity index is 1.47. The minimum absolute atomic E-state index is 0.0122. The number of nitriles is 1. The molecule has 2 heterocycles. The summed E-state index contributed by atoms with van der Waals surface area (Å²) in [6.45, 7) is 0.528. The predicted octanol–water partition coefficient (Wildman–Crippen LogP) is 3.19. The molecule has 2 aromatic carbocycles. The Labute approximate surface area is 188 Å². The molecule has 166 valence electrons. The molecule has 0 aliphatic carbocycles. The lowest BCUT2D eigenvalue weighted by Gasteiger charge is -2.25. The summed E-state index contributed by atoms with van der Waals surface area (Å²) in [5.74, 6) is -1.51. The van der Waals surface area contributed by atoms with Crippen LogP contribution in [0.5, 0.6) is 0 Å². The molecule has 0 bridgehead atoms. The molecule has 0 radical (unpaired) electrons. The number of carboxylic acids is 1. The van der Waals surface area contributed by atoms with Gasteiger partial charge < -0.3 is 24.6 Å². The van der Waals surface area contributed by atoms with Gasteiger partial charge in [0.05, 0.1) is 29.4 Å². The van der Waals surface area contributed by atoms with Crippen LogP contribution in [-0.4, -0.2) is 39.7 Å². The summed E-state index contributed by atoms with van der Waals surface area (Å²) in [4.78, 5) is 38.3. The maximum Gasteiger partial charge on any atom is 0.410 e. The van der Waals surface area contributed by atoms with E-state index in [1.807, 2.05) is 36.4 Å².